The van der Waals surface area contributed by atoms with Gasteiger partial charge in [-0.05, 0) is 60.0 Å². The van der Waals surface area contributed by atoms with Crippen LogP contribution in [0.15, 0.2) is 90.2 Å². The second-order valence-corrected chi connectivity index (χ2v) is 7.91. The van der Waals surface area contributed by atoms with Crippen LogP contribution >= 0.6 is 0 Å². The topological polar surface area (TPSA) is 46.9 Å². The lowest BCUT2D eigenvalue weighted by molar-refractivity contribution is 0.485. The lowest BCUT2D eigenvalue weighted by Gasteiger charge is -2.09. The molecule has 4 aromatic rings. The minimum atomic E-state index is -1.40. The monoisotopic (exact) mass is 405 g/mol. The first-order valence-corrected chi connectivity index (χ1v) is 10.3. The molecule has 4 rings (SSSR count). The van der Waals surface area contributed by atoms with E-state index in [-0.39, 0.29) is 0 Å². The molecule has 0 saturated heterocycles. The highest BCUT2D eigenvalue weighted by Gasteiger charge is 2.07. The van der Waals surface area contributed by atoms with E-state index in [0.29, 0.717) is 10.5 Å². The van der Waals surface area contributed by atoms with Gasteiger partial charge in [0.25, 0.3) is 0 Å². The van der Waals surface area contributed by atoms with Crippen molar-refractivity contribution in [3.63, 3.8) is 0 Å². The zero-order chi connectivity index (χ0) is 20.2. The fourth-order valence-electron chi connectivity index (χ4n) is 3.01. The van der Waals surface area contributed by atoms with Crippen LogP contribution in [0.5, 0.6) is 0 Å². The van der Waals surface area contributed by atoms with E-state index >= 15 is 0 Å². The van der Waals surface area contributed by atoms with Gasteiger partial charge in [-0.1, -0.05) is 36.4 Å². The van der Waals surface area contributed by atoms with Crippen molar-refractivity contribution in [1.29, 1.82) is 0 Å². The maximum atomic E-state index is 12.8. The third kappa shape index (κ3) is 4.43. The summed E-state index contributed by atoms with van der Waals surface area (Å²) in [5.74, 6) is 0. The Hall–Kier alpha value is -3.25. The molecule has 3 aromatic carbocycles. The van der Waals surface area contributed by atoms with Crippen molar-refractivity contribution in [2.24, 2.45) is 0 Å². The van der Waals surface area contributed by atoms with Gasteiger partial charge in [0.05, 0.1) is 16.9 Å². The van der Waals surface area contributed by atoms with Gasteiger partial charge in [0.15, 0.2) is 0 Å². The summed E-state index contributed by atoms with van der Waals surface area (Å²) in [7, 11) is -1.40. The van der Waals surface area contributed by atoms with Crippen LogP contribution in [-0.4, -0.2) is 13.8 Å². The first-order valence-electron chi connectivity index (χ1n) is 9.17. The minimum Gasteiger partial charge on any atom is -0.306 e. The number of nitrogens with zero attached hydrogens (tertiary/aromatic N) is 2. The van der Waals surface area contributed by atoms with Crippen LogP contribution in [0.1, 0.15) is 11.3 Å². The number of aryl methyl sites for hydroxylation is 1. The molecule has 0 aliphatic rings. The van der Waals surface area contributed by atoms with Crippen LogP contribution in [0.3, 0.4) is 0 Å². The Morgan fingerprint density at radius 2 is 1.76 bits per heavy atom. The molecule has 1 unspecified atom stereocenters. The highest BCUT2D eigenvalue weighted by molar-refractivity contribution is 7.86. The molecule has 0 amide bonds. The summed E-state index contributed by atoms with van der Waals surface area (Å²) in [6, 6.07) is 22.5. The van der Waals surface area contributed by atoms with Crippen LogP contribution in [0.2, 0.25) is 0 Å². The summed E-state index contributed by atoms with van der Waals surface area (Å²) in [6.45, 7) is 1.46. The molecule has 1 atom stereocenters. The number of benzene rings is 3. The Kier molecular flexibility index (Phi) is 5.53. The van der Waals surface area contributed by atoms with Gasteiger partial charge in [-0.25, -0.2) is 13.6 Å². The molecule has 6 heteroatoms. The number of anilines is 1. The maximum absolute atomic E-state index is 12.8. The van der Waals surface area contributed by atoms with Crippen molar-refractivity contribution in [2.45, 2.75) is 18.5 Å². The number of alkyl halides is 1. The number of imidazole rings is 1. The largest absolute Gasteiger partial charge is 0.306 e. The second-order valence-electron chi connectivity index (χ2n) is 6.70. The Morgan fingerprint density at radius 1 is 1.00 bits per heavy atom. The first kappa shape index (κ1) is 19.1. The summed E-state index contributed by atoms with van der Waals surface area (Å²) in [4.78, 5) is 4.90. The van der Waals surface area contributed by atoms with E-state index in [0.717, 1.165) is 28.2 Å². The van der Waals surface area contributed by atoms with Gasteiger partial charge in [-0.2, -0.15) is 0 Å². The van der Waals surface area contributed by atoms with E-state index in [9.17, 15) is 8.60 Å². The average Bonchev–Trinajstić information content (AvgIpc) is 3.20. The van der Waals surface area contributed by atoms with E-state index in [2.05, 4.69) is 9.71 Å². The molecule has 0 bridgehead atoms. The van der Waals surface area contributed by atoms with E-state index in [1.807, 2.05) is 78.4 Å². The fraction of sp³-hybridized carbons (Fsp3) is 0.0870. The van der Waals surface area contributed by atoms with Crippen LogP contribution in [0, 0.1) is 6.92 Å². The third-order valence-corrected chi connectivity index (χ3v) is 5.68. The Balaban J connectivity index is 1.49. The predicted molar refractivity (Wildman–Crippen MR) is 115 cm³/mol. The Morgan fingerprint density at radius 3 is 2.41 bits per heavy atom. The van der Waals surface area contributed by atoms with E-state index in [1.54, 1.807) is 18.5 Å². The molecule has 0 radical (unpaired) electrons. The molecular formula is C23H20FN3OS. The summed E-state index contributed by atoms with van der Waals surface area (Å²) < 4.78 is 30.5. The van der Waals surface area contributed by atoms with Gasteiger partial charge in [0.1, 0.15) is 17.7 Å². The molecule has 0 aliphatic heterocycles. The van der Waals surface area contributed by atoms with Crippen LogP contribution < -0.4 is 4.72 Å². The van der Waals surface area contributed by atoms with Gasteiger partial charge >= 0.3 is 0 Å². The predicted octanol–water partition coefficient (Wildman–Crippen LogP) is 5.45. The summed E-state index contributed by atoms with van der Waals surface area (Å²) in [5, 5.41) is 0. The number of hydrogen-bond donors (Lipinski definition) is 1. The average molecular weight is 405 g/mol. The molecule has 0 fully saturated rings. The number of nitrogens with one attached hydrogen (secondary N) is 1. The second kappa shape index (κ2) is 8.41. The molecule has 146 valence electrons. The van der Waals surface area contributed by atoms with Crippen molar-refractivity contribution in [2.75, 3.05) is 4.72 Å². The lowest BCUT2D eigenvalue weighted by atomic mass is 10.0. The molecule has 0 spiro atoms. The molecule has 0 saturated carbocycles. The summed E-state index contributed by atoms with van der Waals surface area (Å²) in [6.07, 6.45) is 3.72. The summed E-state index contributed by atoms with van der Waals surface area (Å²) >= 11 is 0. The summed E-state index contributed by atoms with van der Waals surface area (Å²) in [5.41, 5.74) is 5.24. The molecular weight excluding hydrogens is 385 g/mol. The Bertz CT molecular complexity index is 1140. The van der Waals surface area contributed by atoms with Gasteiger partial charge in [-0.15, -0.1) is 0 Å². The molecule has 29 heavy (non-hydrogen) atoms. The molecule has 4 nitrogen and oxygen atoms in total. The molecule has 1 N–H and O–H groups in total. The smallest absolute Gasteiger partial charge is 0.150 e. The maximum Gasteiger partial charge on any atom is 0.150 e. The van der Waals surface area contributed by atoms with E-state index in [4.69, 9.17) is 0 Å². The van der Waals surface area contributed by atoms with Crippen molar-refractivity contribution in [3.05, 3.63) is 96.6 Å². The molecule has 1 aromatic heterocycles. The van der Waals surface area contributed by atoms with Crippen molar-refractivity contribution in [1.82, 2.24) is 9.55 Å². The standard InChI is InChI=1S/C23H20FN3OS/c1-17-15-27(16-25-17)22-11-9-21(10-12-22)26-29(28)23-4-2-3-20(13-23)19-7-5-18(14-24)6-8-19/h2-13,15-16,26H,14H2,1H3. The first-order chi connectivity index (χ1) is 14.1. The third-order valence-electron chi connectivity index (χ3n) is 4.58. The van der Waals surface area contributed by atoms with Crippen molar-refractivity contribution >= 4 is 16.7 Å². The number of rotatable bonds is 6. The molecule has 1 heterocycles. The molecule has 0 aliphatic carbocycles. The normalized spacial score (nSPS) is 11.9. The highest BCUT2D eigenvalue weighted by atomic mass is 32.2. The lowest BCUT2D eigenvalue weighted by Crippen LogP contribution is -2.05. The van der Waals surface area contributed by atoms with Crippen molar-refractivity contribution in [3.8, 4) is 16.8 Å². The number of aromatic nitrogens is 2. The zero-order valence-corrected chi connectivity index (χ0v) is 16.7. The van der Waals surface area contributed by atoms with Gasteiger partial charge in [0, 0.05) is 17.6 Å². The highest BCUT2D eigenvalue weighted by Crippen LogP contribution is 2.23. The minimum absolute atomic E-state index is 0.479. The van der Waals surface area contributed by atoms with Crippen molar-refractivity contribution < 1.29 is 8.60 Å². The SMILES string of the molecule is Cc1cn(-c2ccc(NS(=O)c3cccc(-c4ccc(CF)cc4)c3)cc2)cn1. The van der Waals surface area contributed by atoms with Crippen LogP contribution in [0.4, 0.5) is 10.1 Å². The fourth-order valence-corrected chi connectivity index (χ4v) is 3.91. The number of halogens is 1. The van der Waals surface area contributed by atoms with E-state index < -0.39 is 17.7 Å². The van der Waals surface area contributed by atoms with E-state index in [1.165, 1.54) is 0 Å². The zero-order valence-electron chi connectivity index (χ0n) is 15.9. The van der Waals surface area contributed by atoms with Gasteiger partial charge < -0.3 is 9.29 Å². The van der Waals surface area contributed by atoms with Crippen LogP contribution in [0.25, 0.3) is 16.8 Å². The number of hydrogen-bond acceptors (Lipinski definition) is 2. The quantitative estimate of drug-likeness (QED) is 0.464. The van der Waals surface area contributed by atoms with Gasteiger partial charge in [-0.3, -0.25) is 0 Å². The Labute approximate surface area is 171 Å². The van der Waals surface area contributed by atoms with Crippen LogP contribution in [-0.2, 0) is 17.7 Å². The van der Waals surface area contributed by atoms with Gasteiger partial charge in [0.2, 0.25) is 0 Å².